The molecule has 0 bridgehead atoms. The number of aliphatic hydroxyl groups is 1. The third-order valence-corrected chi connectivity index (χ3v) is 5.13. The number of nitrogens with one attached hydrogen (secondary N) is 1. The van der Waals surface area contributed by atoms with E-state index in [4.69, 9.17) is 9.47 Å². The molecule has 1 aromatic carbocycles. The lowest BCUT2D eigenvalue weighted by molar-refractivity contribution is -0.177. The first-order valence-electron chi connectivity index (χ1n) is 8.79. The smallest absolute Gasteiger partial charge is 0.230 e. The van der Waals surface area contributed by atoms with E-state index < -0.39 is 47.6 Å². The van der Waals surface area contributed by atoms with Gasteiger partial charge in [-0.15, -0.1) is 0 Å². The maximum absolute atomic E-state index is 13.7. The van der Waals surface area contributed by atoms with Crippen molar-refractivity contribution in [3.8, 4) is 0 Å². The highest BCUT2D eigenvalue weighted by Crippen LogP contribution is 2.33. The van der Waals surface area contributed by atoms with Crippen LogP contribution in [0.5, 0.6) is 0 Å². The van der Waals surface area contributed by atoms with Crippen LogP contribution in [0.3, 0.4) is 0 Å². The van der Waals surface area contributed by atoms with Gasteiger partial charge in [0, 0.05) is 38.3 Å². The number of methoxy groups -OCH3 is 2. The van der Waals surface area contributed by atoms with Gasteiger partial charge >= 0.3 is 0 Å². The van der Waals surface area contributed by atoms with E-state index in [-0.39, 0.29) is 24.4 Å². The summed E-state index contributed by atoms with van der Waals surface area (Å²) in [6.45, 7) is 1.68. The number of halogens is 2. The number of amides is 1. The molecular weight excluding hydrogens is 360 g/mol. The van der Waals surface area contributed by atoms with Crippen LogP contribution in [0.2, 0.25) is 0 Å². The van der Waals surface area contributed by atoms with Crippen molar-refractivity contribution in [1.82, 2.24) is 5.32 Å². The Kier molecular flexibility index (Phi) is 7.41. The Hall–Kier alpha value is -1.90. The summed E-state index contributed by atoms with van der Waals surface area (Å²) >= 11 is 0. The molecule has 1 amide bonds. The highest BCUT2D eigenvalue weighted by atomic mass is 19.1. The Morgan fingerprint density at radius 1 is 1.30 bits per heavy atom. The van der Waals surface area contributed by atoms with E-state index in [1.165, 1.54) is 20.3 Å². The Morgan fingerprint density at radius 3 is 2.56 bits per heavy atom. The average molecular weight is 385 g/mol. The summed E-state index contributed by atoms with van der Waals surface area (Å²) in [6, 6.07) is 3.05. The molecule has 1 aromatic rings. The highest BCUT2D eigenvalue weighted by molar-refractivity contribution is 6.03. The van der Waals surface area contributed by atoms with Gasteiger partial charge in [0.05, 0.1) is 5.92 Å². The van der Waals surface area contributed by atoms with Crippen molar-refractivity contribution in [1.29, 1.82) is 0 Å². The lowest BCUT2D eigenvalue weighted by Gasteiger charge is -2.31. The van der Waals surface area contributed by atoms with E-state index in [9.17, 15) is 23.5 Å². The number of ketones is 1. The predicted molar refractivity (Wildman–Crippen MR) is 92.4 cm³/mol. The summed E-state index contributed by atoms with van der Waals surface area (Å²) in [5.74, 6) is -4.45. The average Bonchev–Trinajstić information content (AvgIpc) is 2.74. The first-order chi connectivity index (χ1) is 12.8. The number of carbonyl (C=O) groups excluding carboxylic acids is 2. The fourth-order valence-electron chi connectivity index (χ4n) is 3.53. The van der Waals surface area contributed by atoms with Gasteiger partial charge in [-0.05, 0) is 24.8 Å². The molecule has 8 heteroatoms. The summed E-state index contributed by atoms with van der Waals surface area (Å²) in [5.41, 5.74) is 0.108. The molecule has 4 atom stereocenters. The number of hydrogen-bond acceptors (Lipinski definition) is 5. The van der Waals surface area contributed by atoms with E-state index in [0.717, 1.165) is 12.1 Å². The van der Waals surface area contributed by atoms with Gasteiger partial charge in [0.15, 0.2) is 12.1 Å². The standard InChI is InChI=1S/C19H25F2NO5/c1-10-4-7-13(16(23)17(24)15(10)19(26-2)27-3)18(25)22-9-11-5-6-12(20)8-14(11)21/h5-6,8,10,13,15,17,19,24H,4,7,9H2,1-3H3,(H,22,25). The lowest BCUT2D eigenvalue weighted by Crippen LogP contribution is -2.45. The minimum atomic E-state index is -1.41. The molecule has 2 N–H and O–H groups in total. The maximum Gasteiger partial charge on any atom is 0.230 e. The number of rotatable bonds is 6. The first-order valence-corrected chi connectivity index (χ1v) is 8.79. The van der Waals surface area contributed by atoms with Crippen LogP contribution in [0.15, 0.2) is 18.2 Å². The highest BCUT2D eigenvalue weighted by Gasteiger charge is 2.44. The molecule has 1 aliphatic carbocycles. The lowest BCUT2D eigenvalue weighted by atomic mass is 9.86. The normalized spacial score (nSPS) is 26.1. The van der Waals surface area contributed by atoms with E-state index >= 15 is 0 Å². The van der Waals surface area contributed by atoms with Crippen molar-refractivity contribution in [3.05, 3.63) is 35.4 Å². The summed E-state index contributed by atoms with van der Waals surface area (Å²) in [5, 5.41) is 13.0. The van der Waals surface area contributed by atoms with Crippen LogP contribution < -0.4 is 5.32 Å². The van der Waals surface area contributed by atoms with E-state index in [2.05, 4.69) is 5.32 Å². The number of carbonyl (C=O) groups is 2. The molecule has 27 heavy (non-hydrogen) atoms. The zero-order valence-electron chi connectivity index (χ0n) is 15.6. The molecule has 1 saturated carbocycles. The fraction of sp³-hybridized carbons (Fsp3) is 0.579. The molecule has 1 aliphatic rings. The zero-order valence-corrected chi connectivity index (χ0v) is 15.6. The van der Waals surface area contributed by atoms with Crippen molar-refractivity contribution in [2.24, 2.45) is 17.8 Å². The van der Waals surface area contributed by atoms with E-state index in [1.54, 1.807) is 0 Å². The Labute approximate surface area is 156 Å². The molecule has 0 heterocycles. The number of aliphatic hydroxyl groups excluding tert-OH is 1. The van der Waals surface area contributed by atoms with Gasteiger partial charge in [-0.2, -0.15) is 0 Å². The summed E-state index contributed by atoms with van der Waals surface area (Å²) in [4.78, 5) is 25.1. The van der Waals surface area contributed by atoms with Gasteiger partial charge in [0.1, 0.15) is 17.7 Å². The molecule has 0 saturated heterocycles. The van der Waals surface area contributed by atoms with E-state index in [0.29, 0.717) is 6.42 Å². The van der Waals surface area contributed by atoms with Crippen LogP contribution in [-0.4, -0.2) is 43.4 Å². The Balaban J connectivity index is 2.09. The number of benzene rings is 1. The minimum absolute atomic E-state index is 0.108. The second-order valence-corrected chi connectivity index (χ2v) is 6.83. The molecule has 0 spiro atoms. The van der Waals surface area contributed by atoms with Crippen LogP contribution in [-0.2, 0) is 25.6 Å². The second kappa shape index (κ2) is 9.34. The number of ether oxygens (including phenoxy) is 2. The molecule has 150 valence electrons. The summed E-state index contributed by atoms with van der Waals surface area (Å²) in [6.07, 6.45) is -1.41. The largest absolute Gasteiger partial charge is 0.385 e. The van der Waals surface area contributed by atoms with Crippen LogP contribution in [0.25, 0.3) is 0 Å². The van der Waals surface area contributed by atoms with Crippen LogP contribution in [0.4, 0.5) is 8.78 Å². The molecular formula is C19H25F2NO5. The van der Waals surface area contributed by atoms with Crippen molar-refractivity contribution in [2.45, 2.75) is 38.7 Å². The van der Waals surface area contributed by atoms with Gasteiger partial charge < -0.3 is 19.9 Å². The number of hydrogen-bond donors (Lipinski definition) is 2. The quantitative estimate of drug-likeness (QED) is 0.443. The van der Waals surface area contributed by atoms with Crippen molar-refractivity contribution in [3.63, 3.8) is 0 Å². The molecule has 0 aromatic heterocycles. The summed E-state index contributed by atoms with van der Waals surface area (Å²) < 4.78 is 37.0. The summed E-state index contributed by atoms with van der Waals surface area (Å²) in [7, 11) is 2.84. The third-order valence-electron chi connectivity index (χ3n) is 5.13. The second-order valence-electron chi connectivity index (χ2n) is 6.83. The van der Waals surface area contributed by atoms with Gasteiger partial charge in [-0.25, -0.2) is 8.78 Å². The first kappa shape index (κ1) is 21.4. The topological polar surface area (TPSA) is 84.9 Å². The molecule has 0 aliphatic heterocycles. The molecule has 0 radical (unpaired) electrons. The molecule has 1 fully saturated rings. The molecule has 2 rings (SSSR count). The van der Waals surface area contributed by atoms with Crippen LogP contribution in [0.1, 0.15) is 25.3 Å². The van der Waals surface area contributed by atoms with Crippen molar-refractivity contribution in [2.75, 3.05) is 14.2 Å². The van der Waals surface area contributed by atoms with Gasteiger partial charge in [-0.3, -0.25) is 9.59 Å². The van der Waals surface area contributed by atoms with E-state index in [1.807, 2.05) is 6.92 Å². The van der Waals surface area contributed by atoms with Gasteiger partial charge in [0.2, 0.25) is 5.91 Å². The van der Waals surface area contributed by atoms with Gasteiger partial charge in [0.25, 0.3) is 0 Å². The van der Waals surface area contributed by atoms with Crippen molar-refractivity contribution >= 4 is 11.7 Å². The monoisotopic (exact) mass is 385 g/mol. The molecule has 6 nitrogen and oxygen atoms in total. The molecule has 4 unspecified atom stereocenters. The zero-order chi connectivity index (χ0) is 20.1. The maximum atomic E-state index is 13.7. The van der Waals surface area contributed by atoms with Crippen molar-refractivity contribution < 1.29 is 33.0 Å². The minimum Gasteiger partial charge on any atom is -0.385 e. The van der Waals surface area contributed by atoms with Crippen LogP contribution in [0, 0.1) is 29.4 Å². The fourth-order valence-corrected chi connectivity index (χ4v) is 3.53. The third kappa shape index (κ3) is 4.88. The Morgan fingerprint density at radius 2 is 1.96 bits per heavy atom. The SMILES string of the molecule is COC(OC)C1C(C)CCC(C(=O)NCc2ccc(F)cc2F)C(=O)C1O. The Bertz CT molecular complexity index is 680. The van der Waals surface area contributed by atoms with Crippen LogP contribution >= 0.6 is 0 Å². The predicted octanol–water partition coefficient (Wildman–Crippen LogP) is 1.79. The van der Waals surface area contributed by atoms with Gasteiger partial charge in [-0.1, -0.05) is 13.0 Å². The number of Topliss-reactive ketones (excluding diaryl/α,β-unsaturated/α-hetero) is 1.